The summed E-state index contributed by atoms with van der Waals surface area (Å²) >= 11 is 0. The molecule has 0 fully saturated rings. The molecular formula is C8H19N3O2S. The zero-order valence-corrected chi connectivity index (χ0v) is 9.51. The Balaban J connectivity index is 3.69. The van der Waals surface area contributed by atoms with Gasteiger partial charge in [0, 0.05) is 22.8 Å². The highest BCUT2D eigenvalue weighted by Crippen LogP contribution is 1.92. The molecule has 84 valence electrons. The van der Waals surface area contributed by atoms with E-state index in [-0.39, 0.29) is 11.9 Å². The lowest BCUT2D eigenvalue weighted by Gasteiger charge is -2.14. The molecule has 0 rings (SSSR count). The molecule has 0 aliphatic rings. The average molecular weight is 221 g/mol. The quantitative estimate of drug-likeness (QED) is 0.184. The molecule has 6 heteroatoms. The first-order chi connectivity index (χ1) is 6.61. The van der Waals surface area contributed by atoms with Gasteiger partial charge in [0.15, 0.2) is 5.84 Å². The topological polar surface area (TPSA) is 87.7 Å². The van der Waals surface area contributed by atoms with E-state index in [1.807, 2.05) is 6.92 Å². The minimum atomic E-state index is -0.746. The molecular weight excluding hydrogens is 202 g/mol. The molecule has 2 atom stereocenters. The molecule has 0 saturated carbocycles. The highest BCUT2D eigenvalue weighted by Gasteiger charge is 2.09. The Kier molecular flexibility index (Phi) is 7.41. The van der Waals surface area contributed by atoms with Gasteiger partial charge in [-0.2, -0.15) is 0 Å². The summed E-state index contributed by atoms with van der Waals surface area (Å²) in [5, 5.41) is 14.5. The zero-order valence-electron chi connectivity index (χ0n) is 8.69. The number of rotatable bonds is 7. The van der Waals surface area contributed by atoms with Crippen LogP contribution in [-0.2, 0) is 10.8 Å². The summed E-state index contributed by atoms with van der Waals surface area (Å²) in [6.45, 7) is 2.68. The predicted molar refractivity (Wildman–Crippen MR) is 59.0 cm³/mol. The van der Waals surface area contributed by atoms with Crippen LogP contribution in [-0.4, -0.2) is 39.8 Å². The number of hydrogen-bond acceptors (Lipinski definition) is 4. The van der Waals surface area contributed by atoms with Crippen LogP contribution < -0.4 is 11.1 Å². The van der Waals surface area contributed by atoms with Gasteiger partial charge in [-0.1, -0.05) is 12.1 Å². The van der Waals surface area contributed by atoms with Crippen molar-refractivity contribution in [1.82, 2.24) is 5.32 Å². The Morgan fingerprint density at radius 2 is 2.36 bits per heavy atom. The van der Waals surface area contributed by atoms with E-state index in [2.05, 4.69) is 10.5 Å². The van der Waals surface area contributed by atoms with Crippen molar-refractivity contribution in [3.63, 3.8) is 0 Å². The van der Waals surface area contributed by atoms with Crippen molar-refractivity contribution < 1.29 is 9.42 Å². The highest BCUT2D eigenvalue weighted by molar-refractivity contribution is 7.84. The molecule has 2 unspecified atom stereocenters. The molecule has 14 heavy (non-hydrogen) atoms. The molecule has 0 spiro atoms. The smallest absolute Gasteiger partial charge is 0.156 e. The maximum absolute atomic E-state index is 10.7. The van der Waals surface area contributed by atoms with E-state index < -0.39 is 10.8 Å². The van der Waals surface area contributed by atoms with E-state index in [4.69, 9.17) is 10.9 Å². The van der Waals surface area contributed by atoms with Crippen LogP contribution in [0.3, 0.4) is 0 Å². The van der Waals surface area contributed by atoms with Crippen LogP contribution in [0.5, 0.6) is 0 Å². The maximum atomic E-state index is 10.7. The first-order valence-corrected chi connectivity index (χ1v) is 6.35. The molecule has 0 radical (unpaired) electrons. The molecule has 0 bridgehead atoms. The third-order valence-corrected chi connectivity index (χ3v) is 2.74. The van der Waals surface area contributed by atoms with Crippen molar-refractivity contribution in [1.29, 1.82) is 0 Å². The predicted octanol–water partition coefficient (Wildman–Crippen LogP) is -0.130. The molecule has 0 saturated heterocycles. The molecule has 0 aliphatic carbocycles. The third-order valence-electron chi connectivity index (χ3n) is 1.88. The minimum absolute atomic E-state index is 0.0923. The standard InChI is InChI=1S/C8H19N3O2S/c1-3-7(8(9)11-12)10-5-4-6-14(2)13/h7,10,12H,3-6H2,1-2H3,(H2,9,11). The zero-order chi connectivity index (χ0) is 11.0. The largest absolute Gasteiger partial charge is 0.409 e. The summed E-state index contributed by atoms with van der Waals surface area (Å²) in [4.78, 5) is 0. The Bertz CT molecular complexity index is 209. The van der Waals surface area contributed by atoms with Gasteiger partial charge in [-0.25, -0.2) is 0 Å². The Morgan fingerprint density at radius 3 is 2.79 bits per heavy atom. The first-order valence-electron chi connectivity index (χ1n) is 4.62. The van der Waals surface area contributed by atoms with Crippen molar-refractivity contribution in [3.8, 4) is 0 Å². The SMILES string of the molecule is CCC(NCCCS(C)=O)C(N)=NO. The molecule has 0 aromatic carbocycles. The van der Waals surface area contributed by atoms with Gasteiger partial charge in [-0.05, 0) is 19.4 Å². The van der Waals surface area contributed by atoms with Crippen LogP contribution in [0, 0.1) is 0 Å². The normalized spacial score (nSPS) is 16.6. The second-order valence-electron chi connectivity index (χ2n) is 3.07. The molecule has 5 nitrogen and oxygen atoms in total. The number of hydrogen-bond donors (Lipinski definition) is 3. The van der Waals surface area contributed by atoms with E-state index >= 15 is 0 Å². The van der Waals surface area contributed by atoms with Gasteiger partial charge in [0.05, 0.1) is 6.04 Å². The Labute approximate surface area is 87.2 Å². The van der Waals surface area contributed by atoms with Crippen LogP contribution in [0.1, 0.15) is 19.8 Å². The maximum Gasteiger partial charge on any atom is 0.156 e. The van der Waals surface area contributed by atoms with Crippen molar-refractivity contribution in [2.24, 2.45) is 10.9 Å². The Morgan fingerprint density at radius 1 is 1.71 bits per heavy atom. The van der Waals surface area contributed by atoms with E-state index in [0.717, 1.165) is 19.4 Å². The van der Waals surface area contributed by atoms with Gasteiger partial charge in [-0.15, -0.1) is 0 Å². The number of nitrogens with zero attached hydrogens (tertiary/aromatic N) is 1. The van der Waals surface area contributed by atoms with Gasteiger partial charge in [-0.3, -0.25) is 4.21 Å². The molecule has 0 aromatic rings. The van der Waals surface area contributed by atoms with Crippen molar-refractivity contribution >= 4 is 16.6 Å². The molecule has 0 aromatic heterocycles. The molecule has 4 N–H and O–H groups in total. The lowest BCUT2D eigenvalue weighted by Crippen LogP contribution is -2.41. The first kappa shape index (κ1) is 13.4. The van der Waals surface area contributed by atoms with Gasteiger partial charge >= 0.3 is 0 Å². The molecule has 0 aliphatic heterocycles. The van der Waals surface area contributed by atoms with E-state index in [0.29, 0.717) is 5.75 Å². The lowest BCUT2D eigenvalue weighted by molar-refractivity contribution is 0.314. The van der Waals surface area contributed by atoms with Crippen LogP contribution in [0.15, 0.2) is 5.16 Å². The number of amidine groups is 1. The van der Waals surface area contributed by atoms with Crippen molar-refractivity contribution in [2.75, 3.05) is 18.6 Å². The van der Waals surface area contributed by atoms with Crippen LogP contribution >= 0.6 is 0 Å². The van der Waals surface area contributed by atoms with Crippen LogP contribution in [0.2, 0.25) is 0 Å². The molecule has 0 heterocycles. The van der Waals surface area contributed by atoms with Gasteiger partial charge in [0.2, 0.25) is 0 Å². The summed E-state index contributed by atoms with van der Waals surface area (Å²) in [5.41, 5.74) is 5.45. The second kappa shape index (κ2) is 7.75. The summed E-state index contributed by atoms with van der Waals surface area (Å²) < 4.78 is 10.7. The van der Waals surface area contributed by atoms with Crippen LogP contribution in [0.4, 0.5) is 0 Å². The van der Waals surface area contributed by atoms with Gasteiger partial charge < -0.3 is 16.3 Å². The van der Waals surface area contributed by atoms with Gasteiger partial charge in [0.25, 0.3) is 0 Å². The summed E-state index contributed by atoms with van der Waals surface area (Å²) in [6.07, 6.45) is 3.28. The third kappa shape index (κ3) is 5.93. The van der Waals surface area contributed by atoms with Crippen molar-refractivity contribution in [2.45, 2.75) is 25.8 Å². The van der Waals surface area contributed by atoms with Crippen molar-refractivity contribution in [3.05, 3.63) is 0 Å². The summed E-state index contributed by atoms with van der Waals surface area (Å²) in [7, 11) is -0.746. The number of oxime groups is 1. The highest BCUT2D eigenvalue weighted by atomic mass is 32.2. The van der Waals surface area contributed by atoms with Crippen LogP contribution in [0.25, 0.3) is 0 Å². The van der Waals surface area contributed by atoms with E-state index in [9.17, 15) is 4.21 Å². The lowest BCUT2D eigenvalue weighted by atomic mass is 10.2. The molecule has 0 amide bonds. The fraction of sp³-hybridized carbons (Fsp3) is 0.875. The summed E-state index contributed by atoms with van der Waals surface area (Å²) in [6, 6.07) is -0.0923. The fourth-order valence-electron chi connectivity index (χ4n) is 1.08. The fourth-order valence-corrected chi connectivity index (χ4v) is 1.63. The number of nitrogens with two attached hydrogens (primary N) is 1. The second-order valence-corrected chi connectivity index (χ2v) is 4.63. The van der Waals surface area contributed by atoms with Gasteiger partial charge in [0.1, 0.15) is 0 Å². The van der Waals surface area contributed by atoms with E-state index in [1.165, 1.54) is 0 Å². The summed E-state index contributed by atoms with van der Waals surface area (Å²) in [5.74, 6) is 0.879. The van der Waals surface area contributed by atoms with E-state index in [1.54, 1.807) is 6.26 Å². The monoisotopic (exact) mass is 221 g/mol. The average Bonchev–Trinajstić information content (AvgIpc) is 2.16. The minimum Gasteiger partial charge on any atom is -0.409 e. The number of nitrogens with one attached hydrogen (secondary N) is 1. The Hall–Kier alpha value is -0.620.